The van der Waals surface area contributed by atoms with Crippen LogP contribution in [0.1, 0.15) is 18.1 Å². The topological polar surface area (TPSA) is 73.9 Å². The first kappa shape index (κ1) is 20.6. The molecule has 2 rings (SSSR count). The molecule has 0 heterocycles. The summed E-state index contributed by atoms with van der Waals surface area (Å²) in [5, 5.41) is 3.10. The molecule has 0 saturated carbocycles. The Morgan fingerprint density at radius 1 is 1.07 bits per heavy atom. The van der Waals surface area contributed by atoms with Gasteiger partial charge in [-0.1, -0.05) is 29.3 Å². The van der Waals surface area contributed by atoms with Gasteiger partial charge in [-0.3, -0.25) is 9.59 Å². The number of nitrogens with one attached hydrogen (secondary N) is 1. The maximum absolute atomic E-state index is 12.3. The summed E-state index contributed by atoms with van der Waals surface area (Å²) < 4.78 is 15.7. The van der Waals surface area contributed by atoms with Crippen molar-refractivity contribution in [1.29, 1.82) is 0 Å². The second kappa shape index (κ2) is 9.28. The summed E-state index contributed by atoms with van der Waals surface area (Å²) in [6.07, 6.45) is -0.986. The highest BCUT2D eigenvalue weighted by molar-refractivity contribution is 6.31. The molecule has 144 valence electrons. The highest BCUT2D eigenvalue weighted by Crippen LogP contribution is 2.28. The summed E-state index contributed by atoms with van der Waals surface area (Å²) in [5.74, 6) is 0.0359. The van der Waals surface area contributed by atoms with Gasteiger partial charge in [-0.15, -0.1) is 0 Å². The summed E-state index contributed by atoms with van der Waals surface area (Å²) in [6.45, 7) is 3.42. The van der Waals surface area contributed by atoms with E-state index >= 15 is 0 Å². The lowest BCUT2D eigenvalue weighted by atomic mass is 10.1. The summed E-state index contributed by atoms with van der Waals surface area (Å²) in [4.78, 5) is 24.6. The van der Waals surface area contributed by atoms with E-state index < -0.39 is 18.0 Å². The van der Waals surface area contributed by atoms with Gasteiger partial charge >= 0.3 is 5.97 Å². The number of carbonyl (C=O) groups is 2. The molecule has 27 heavy (non-hydrogen) atoms. The molecule has 6 nitrogen and oxygen atoms in total. The zero-order valence-electron chi connectivity index (χ0n) is 15.7. The lowest BCUT2D eigenvalue weighted by Gasteiger charge is -2.16. The van der Waals surface area contributed by atoms with E-state index in [2.05, 4.69) is 5.32 Å². The molecule has 0 radical (unpaired) electrons. The van der Waals surface area contributed by atoms with Crippen molar-refractivity contribution in [1.82, 2.24) is 0 Å². The molecule has 1 amide bonds. The Morgan fingerprint density at radius 2 is 1.74 bits per heavy atom. The average molecular weight is 392 g/mol. The van der Waals surface area contributed by atoms with Gasteiger partial charge in [-0.05, 0) is 38.1 Å². The van der Waals surface area contributed by atoms with Gasteiger partial charge in [0.15, 0.2) is 6.10 Å². The first-order valence-corrected chi connectivity index (χ1v) is 8.69. The van der Waals surface area contributed by atoms with Crippen LogP contribution in [0.3, 0.4) is 0 Å². The molecule has 7 heteroatoms. The number of amides is 1. The monoisotopic (exact) mass is 391 g/mol. The fraction of sp³-hybridized carbons (Fsp3) is 0.300. The van der Waals surface area contributed by atoms with Crippen LogP contribution in [-0.4, -0.2) is 32.2 Å². The second-order valence-electron chi connectivity index (χ2n) is 5.96. The standard InChI is InChI=1S/C20H22ClNO5/c1-12-5-7-17(25-3)14(9-12)10-19(23)27-13(2)20(24)22-16-11-15(21)6-8-18(16)26-4/h5-9,11,13H,10H2,1-4H3,(H,22,24)/t13-/m0/s1. The third-order valence-corrected chi connectivity index (χ3v) is 4.10. The minimum absolute atomic E-state index is 0.00294. The van der Waals surface area contributed by atoms with Crippen LogP contribution in [-0.2, 0) is 20.7 Å². The van der Waals surface area contributed by atoms with E-state index in [0.29, 0.717) is 27.8 Å². The van der Waals surface area contributed by atoms with Crippen LogP contribution in [0.25, 0.3) is 0 Å². The predicted octanol–water partition coefficient (Wildman–Crippen LogP) is 3.78. The molecule has 1 atom stereocenters. The van der Waals surface area contributed by atoms with Crippen LogP contribution < -0.4 is 14.8 Å². The van der Waals surface area contributed by atoms with Crippen molar-refractivity contribution in [2.75, 3.05) is 19.5 Å². The fourth-order valence-corrected chi connectivity index (χ4v) is 2.68. The maximum atomic E-state index is 12.3. The van der Waals surface area contributed by atoms with Crippen LogP contribution in [0, 0.1) is 6.92 Å². The van der Waals surface area contributed by atoms with Crippen LogP contribution >= 0.6 is 11.6 Å². The molecule has 0 bridgehead atoms. The number of benzene rings is 2. The number of carbonyl (C=O) groups excluding carboxylic acids is 2. The van der Waals surface area contributed by atoms with Crippen molar-refractivity contribution in [2.45, 2.75) is 26.4 Å². The van der Waals surface area contributed by atoms with E-state index in [1.54, 1.807) is 24.3 Å². The number of halogens is 1. The van der Waals surface area contributed by atoms with E-state index in [0.717, 1.165) is 5.56 Å². The first-order valence-electron chi connectivity index (χ1n) is 8.31. The Bertz CT molecular complexity index is 837. The Balaban J connectivity index is 2.01. The minimum Gasteiger partial charge on any atom is -0.496 e. The molecule has 1 N–H and O–H groups in total. The molecule has 0 aliphatic rings. The molecule has 0 saturated heterocycles. The van der Waals surface area contributed by atoms with Crippen LogP contribution in [0.5, 0.6) is 11.5 Å². The van der Waals surface area contributed by atoms with E-state index in [1.807, 2.05) is 19.1 Å². The van der Waals surface area contributed by atoms with E-state index in [9.17, 15) is 9.59 Å². The summed E-state index contributed by atoms with van der Waals surface area (Å²) in [7, 11) is 3.02. The lowest BCUT2D eigenvalue weighted by Crippen LogP contribution is -2.30. The van der Waals surface area contributed by atoms with Gasteiger partial charge in [0, 0.05) is 10.6 Å². The van der Waals surface area contributed by atoms with E-state index in [-0.39, 0.29) is 6.42 Å². The number of hydrogen-bond acceptors (Lipinski definition) is 5. The molecule has 0 unspecified atom stereocenters. The van der Waals surface area contributed by atoms with Crippen molar-refractivity contribution in [3.05, 3.63) is 52.5 Å². The molecule has 0 aliphatic carbocycles. The zero-order valence-corrected chi connectivity index (χ0v) is 16.4. The zero-order chi connectivity index (χ0) is 20.0. The molecule has 0 spiro atoms. The number of methoxy groups -OCH3 is 2. The van der Waals surface area contributed by atoms with E-state index in [4.69, 9.17) is 25.8 Å². The predicted molar refractivity (Wildman–Crippen MR) is 104 cm³/mol. The maximum Gasteiger partial charge on any atom is 0.311 e. The lowest BCUT2D eigenvalue weighted by molar-refractivity contribution is -0.152. The SMILES string of the molecule is COc1ccc(C)cc1CC(=O)O[C@@H](C)C(=O)Nc1cc(Cl)ccc1OC. The van der Waals surface area contributed by atoms with Crippen LogP contribution in [0.15, 0.2) is 36.4 Å². The minimum atomic E-state index is -0.989. The highest BCUT2D eigenvalue weighted by Gasteiger charge is 2.20. The quantitative estimate of drug-likeness (QED) is 0.727. The summed E-state index contributed by atoms with van der Waals surface area (Å²) in [5.41, 5.74) is 2.10. The Hall–Kier alpha value is -2.73. The Labute approximate surface area is 163 Å². The van der Waals surface area contributed by atoms with Crippen molar-refractivity contribution < 1.29 is 23.8 Å². The van der Waals surface area contributed by atoms with Crippen molar-refractivity contribution in [3.8, 4) is 11.5 Å². The van der Waals surface area contributed by atoms with Gasteiger partial charge in [-0.2, -0.15) is 0 Å². The number of esters is 1. The molecule has 0 aromatic heterocycles. The van der Waals surface area contributed by atoms with Gasteiger partial charge in [0.1, 0.15) is 11.5 Å². The molecular formula is C20H22ClNO5. The number of aryl methyl sites for hydroxylation is 1. The van der Waals surface area contributed by atoms with Crippen molar-refractivity contribution in [3.63, 3.8) is 0 Å². The summed E-state index contributed by atoms with van der Waals surface area (Å²) >= 11 is 5.95. The third-order valence-electron chi connectivity index (χ3n) is 3.87. The molecule has 0 aliphatic heterocycles. The third kappa shape index (κ3) is 5.62. The number of ether oxygens (including phenoxy) is 3. The average Bonchev–Trinajstić information content (AvgIpc) is 2.62. The van der Waals surface area contributed by atoms with Gasteiger partial charge in [-0.25, -0.2) is 0 Å². The van der Waals surface area contributed by atoms with Crippen molar-refractivity contribution >= 4 is 29.2 Å². The van der Waals surface area contributed by atoms with Crippen molar-refractivity contribution in [2.24, 2.45) is 0 Å². The molecule has 0 fully saturated rings. The first-order chi connectivity index (χ1) is 12.8. The smallest absolute Gasteiger partial charge is 0.311 e. The highest BCUT2D eigenvalue weighted by atomic mass is 35.5. The number of anilines is 1. The fourth-order valence-electron chi connectivity index (χ4n) is 2.51. The van der Waals surface area contributed by atoms with Gasteiger partial charge in [0.05, 0.1) is 26.3 Å². The molecule has 2 aromatic carbocycles. The number of hydrogen-bond donors (Lipinski definition) is 1. The largest absolute Gasteiger partial charge is 0.496 e. The Kier molecular flexibility index (Phi) is 7.07. The van der Waals surface area contributed by atoms with Gasteiger partial charge in [0.2, 0.25) is 0 Å². The second-order valence-corrected chi connectivity index (χ2v) is 6.39. The van der Waals surface area contributed by atoms with Gasteiger partial charge < -0.3 is 19.5 Å². The van der Waals surface area contributed by atoms with E-state index in [1.165, 1.54) is 21.1 Å². The van der Waals surface area contributed by atoms with Crippen LogP contribution in [0.2, 0.25) is 5.02 Å². The number of rotatable bonds is 7. The molecular weight excluding hydrogens is 370 g/mol. The van der Waals surface area contributed by atoms with Gasteiger partial charge in [0.25, 0.3) is 5.91 Å². The van der Waals surface area contributed by atoms with Crippen LogP contribution in [0.4, 0.5) is 5.69 Å². The summed E-state index contributed by atoms with van der Waals surface area (Å²) in [6, 6.07) is 10.4. The Morgan fingerprint density at radius 3 is 2.41 bits per heavy atom. The normalized spacial score (nSPS) is 11.4. The molecule has 2 aromatic rings.